The molecule has 1 aliphatic rings. The average Bonchev–Trinajstić information content (AvgIpc) is 2.77. The summed E-state index contributed by atoms with van der Waals surface area (Å²) in [6.45, 7) is 2.39. The maximum atomic E-state index is 11.3. The van der Waals surface area contributed by atoms with Crippen molar-refractivity contribution in [1.29, 1.82) is 0 Å². The molecule has 17 heavy (non-hydrogen) atoms. The fourth-order valence-electron chi connectivity index (χ4n) is 2.09. The Morgan fingerprint density at radius 1 is 1.41 bits per heavy atom. The zero-order valence-electron chi connectivity index (χ0n) is 9.49. The molecule has 0 bridgehead atoms. The van der Waals surface area contributed by atoms with Crippen LogP contribution in [0, 0.1) is 0 Å². The van der Waals surface area contributed by atoms with Gasteiger partial charge in [0.1, 0.15) is 0 Å². The summed E-state index contributed by atoms with van der Waals surface area (Å²) in [5, 5.41) is 0.977. The minimum Gasteiger partial charge on any atom is -0.487 e. The van der Waals surface area contributed by atoms with E-state index in [-0.39, 0.29) is 5.97 Å². The first-order valence-electron chi connectivity index (χ1n) is 5.66. The molecular weight excluding hydrogens is 220 g/mol. The van der Waals surface area contributed by atoms with Gasteiger partial charge < -0.3 is 13.9 Å². The summed E-state index contributed by atoms with van der Waals surface area (Å²) in [5.41, 5.74) is 1.64. The van der Waals surface area contributed by atoms with Crippen LogP contribution in [0.5, 0.6) is 11.5 Å². The van der Waals surface area contributed by atoms with Gasteiger partial charge in [-0.1, -0.05) is 0 Å². The van der Waals surface area contributed by atoms with E-state index in [1.165, 1.54) is 0 Å². The third-order valence-corrected chi connectivity index (χ3v) is 2.83. The van der Waals surface area contributed by atoms with Crippen LogP contribution in [-0.4, -0.2) is 12.6 Å². The van der Waals surface area contributed by atoms with Crippen LogP contribution < -0.4 is 9.47 Å². The topological polar surface area (TPSA) is 48.7 Å². The van der Waals surface area contributed by atoms with Gasteiger partial charge in [-0.25, -0.2) is 0 Å². The Bertz CT molecular complexity index is 582. The molecule has 1 aromatic heterocycles. The van der Waals surface area contributed by atoms with E-state index in [1.54, 1.807) is 6.26 Å². The van der Waals surface area contributed by atoms with E-state index >= 15 is 0 Å². The van der Waals surface area contributed by atoms with Crippen LogP contribution in [-0.2, 0) is 11.2 Å². The summed E-state index contributed by atoms with van der Waals surface area (Å²) in [6.07, 6.45) is 2.72. The van der Waals surface area contributed by atoms with Crippen LogP contribution in [0.2, 0.25) is 0 Å². The number of hydrogen-bond acceptors (Lipinski definition) is 4. The fraction of sp³-hybridized carbons (Fsp3) is 0.308. The highest BCUT2D eigenvalue weighted by atomic mass is 16.6. The number of benzene rings is 1. The number of ether oxygens (including phenoxy) is 2. The molecule has 1 aromatic carbocycles. The third kappa shape index (κ3) is 1.56. The zero-order valence-corrected chi connectivity index (χ0v) is 9.49. The van der Waals surface area contributed by atoms with Crippen molar-refractivity contribution in [2.45, 2.75) is 19.8 Å². The lowest BCUT2D eigenvalue weighted by Gasteiger charge is -2.18. The Morgan fingerprint density at radius 3 is 3.12 bits per heavy atom. The van der Waals surface area contributed by atoms with E-state index in [1.807, 2.05) is 19.1 Å². The first-order chi connectivity index (χ1) is 8.29. The monoisotopic (exact) mass is 232 g/mol. The normalized spacial score (nSPS) is 14.5. The maximum Gasteiger partial charge on any atom is 0.311 e. The Balaban J connectivity index is 2.26. The molecule has 0 N–H and O–H groups in total. The lowest BCUT2D eigenvalue weighted by atomic mass is 10.0. The number of hydrogen-bond donors (Lipinski definition) is 0. The molecule has 0 saturated carbocycles. The maximum absolute atomic E-state index is 11.3. The van der Waals surface area contributed by atoms with Gasteiger partial charge in [0.15, 0.2) is 11.3 Å². The van der Waals surface area contributed by atoms with Crippen molar-refractivity contribution in [1.82, 2.24) is 0 Å². The summed E-state index contributed by atoms with van der Waals surface area (Å²) in [4.78, 5) is 11.3. The van der Waals surface area contributed by atoms with Crippen LogP contribution in [0.25, 0.3) is 11.0 Å². The van der Waals surface area contributed by atoms with E-state index in [4.69, 9.17) is 13.9 Å². The van der Waals surface area contributed by atoms with Crippen molar-refractivity contribution in [2.24, 2.45) is 0 Å². The molecule has 0 amide bonds. The second-order valence-corrected chi connectivity index (χ2v) is 3.94. The van der Waals surface area contributed by atoms with E-state index in [0.717, 1.165) is 10.9 Å². The fourth-order valence-corrected chi connectivity index (χ4v) is 2.09. The molecule has 4 heteroatoms. The van der Waals surface area contributed by atoms with Crippen LogP contribution in [0.3, 0.4) is 0 Å². The predicted octanol–water partition coefficient (Wildman–Crippen LogP) is 2.68. The molecule has 2 aromatic rings. The standard InChI is InChI=1S/C13H12O4/c1-2-15-13-11-9(5-6-16-11)7-8-3-4-10(14)17-12(8)13/h5-7H,2-4H2,1H3. The predicted molar refractivity (Wildman–Crippen MR) is 61.3 cm³/mol. The van der Waals surface area contributed by atoms with Crippen LogP contribution in [0.4, 0.5) is 0 Å². The number of rotatable bonds is 2. The molecule has 0 fully saturated rings. The Morgan fingerprint density at radius 2 is 2.29 bits per heavy atom. The summed E-state index contributed by atoms with van der Waals surface area (Å²) >= 11 is 0. The van der Waals surface area contributed by atoms with Crippen LogP contribution in [0.15, 0.2) is 22.8 Å². The van der Waals surface area contributed by atoms with Crippen molar-refractivity contribution in [3.63, 3.8) is 0 Å². The highest BCUT2D eigenvalue weighted by molar-refractivity contribution is 5.90. The first kappa shape index (κ1) is 10.2. The minimum absolute atomic E-state index is 0.218. The molecular formula is C13H12O4. The zero-order chi connectivity index (χ0) is 11.8. The van der Waals surface area contributed by atoms with Gasteiger partial charge in [0, 0.05) is 10.9 Å². The minimum atomic E-state index is -0.218. The van der Waals surface area contributed by atoms with Gasteiger partial charge >= 0.3 is 5.97 Å². The van der Waals surface area contributed by atoms with Gasteiger partial charge in [-0.05, 0) is 25.5 Å². The van der Waals surface area contributed by atoms with Gasteiger partial charge in [0.2, 0.25) is 5.75 Å². The highest BCUT2D eigenvalue weighted by Crippen LogP contribution is 2.42. The van der Waals surface area contributed by atoms with E-state index < -0.39 is 0 Å². The largest absolute Gasteiger partial charge is 0.487 e. The Kier molecular flexibility index (Phi) is 2.28. The molecule has 1 aliphatic heterocycles. The van der Waals surface area contributed by atoms with Gasteiger partial charge in [0.05, 0.1) is 19.3 Å². The molecule has 0 spiro atoms. The van der Waals surface area contributed by atoms with Gasteiger partial charge in [0.25, 0.3) is 0 Å². The van der Waals surface area contributed by atoms with Gasteiger partial charge in [-0.3, -0.25) is 4.79 Å². The van der Waals surface area contributed by atoms with Gasteiger partial charge in [-0.2, -0.15) is 0 Å². The lowest BCUT2D eigenvalue weighted by Crippen LogP contribution is -2.16. The van der Waals surface area contributed by atoms with Crippen molar-refractivity contribution in [3.05, 3.63) is 24.0 Å². The molecule has 0 unspecified atom stereocenters. The van der Waals surface area contributed by atoms with Crippen molar-refractivity contribution in [3.8, 4) is 11.5 Å². The van der Waals surface area contributed by atoms with E-state index in [9.17, 15) is 4.79 Å². The number of aryl methyl sites for hydroxylation is 1. The summed E-state index contributed by atoms with van der Waals surface area (Å²) in [6, 6.07) is 3.87. The molecule has 2 heterocycles. The smallest absolute Gasteiger partial charge is 0.311 e. The van der Waals surface area contributed by atoms with Crippen LogP contribution in [0.1, 0.15) is 18.9 Å². The lowest BCUT2D eigenvalue weighted by molar-refractivity contribution is -0.135. The SMILES string of the molecule is CCOc1c2c(cc3ccoc13)CCC(=O)O2. The summed E-state index contributed by atoms with van der Waals surface area (Å²) < 4.78 is 16.2. The quantitative estimate of drug-likeness (QED) is 0.590. The van der Waals surface area contributed by atoms with Gasteiger partial charge in [-0.15, -0.1) is 0 Å². The Hall–Kier alpha value is -1.97. The first-order valence-corrected chi connectivity index (χ1v) is 5.66. The number of esters is 1. The second kappa shape index (κ2) is 3.80. The Labute approximate surface area is 98.1 Å². The third-order valence-electron chi connectivity index (χ3n) is 2.83. The van der Waals surface area contributed by atoms with Crippen molar-refractivity contribution < 1.29 is 18.7 Å². The molecule has 0 atom stereocenters. The highest BCUT2D eigenvalue weighted by Gasteiger charge is 2.24. The van der Waals surface area contributed by atoms with Crippen LogP contribution >= 0.6 is 0 Å². The summed E-state index contributed by atoms with van der Waals surface area (Å²) in [5.74, 6) is 0.841. The molecule has 0 radical (unpaired) electrons. The number of carbonyl (C=O) groups is 1. The number of fused-ring (bicyclic) bond motifs is 2. The summed E-state index contributed by atoms with van der Waals surface area (Å²) in [7, 11) is 0. The second-order valence-electron chi connectivity index (χ2n) is 3.94. The molecule has 0 aliphatic carbocycles. The molecule has 4 nitrogen and oxygen atoms in total. The average molecular weight is 232 g/mol. The van der Waals surface area contributed by atoms with E-state index in [2.05, 4.69) is 0 Å². The van der Waals surface area contributed by atoms with E-state index in [0.29, 0.717) is 36.5 Å². The number of carbonyl (C=O) groups excluding carboxylic acids is 1. The van der Waals surface area contributed by atoms with Crippen molar-refractivity contribution >= 4 is 16.9 Å². The number of furan rings is 1. The van der Waals surface area contributed by atoms with Crippen molar-refractivity contribution in [2.75, 3.05) is 6.61 Å². The molecule has 0 saturated heterocycles. The molecule has 88 valence electrons. The molecule has 3 rings (SSSR count).